The molecule has 3 nitrogen and oxygen atoms in total. The molecular weight excluding hydrogens is 308 g/mol. The standard InChI is InChI=1S/C18H36N2.C4H8O/c1-5-16(2)17(3)20-15-9-13-18(10-6-7-11-18)12-8-14-19-4;1-3-4(2)5/h16,19-20H,3,5-15H2,1-2,4H3;3H2,1-2H3. The van der Waals surface area contributed by atoms with E-state index in [0.717, 1.165) is 6.54 Å². The Morgan fingerprint density at radius 2 is 1.64 bits per heavy atom. The molecule has 0 spiro atoms. The number of rotatable bonds is 12. The van der Waals surface area contributed by atoms with Crippen molar-refractivity contribution in [3.05, 3.63) is 12.3 Å². The first kappa shape index (κ1) is 24.2. The highest BCUT2D eigenvalue weighted by molar-refractivity contribution is 5.74. The van der Waals surface area contributed by atoms with Gasteiger partial charge in [0.05, 0.1) is 0 Å². The molecule has 0 amide bonds. The van der Waals surface area contributed by atoms with Gasteiger partial charge in [0, 0.05) is 18.7 Å². The number of carbonyl (C=O) groups excluding carboxylic acids is 1. The van der Waals surface area contributed by atoms with Crippen LogP contribution in [0.25, 0.3) is 0 Å². The van der Waals surface area contributed by atoms with Gasteiger partial charge in [-0.1, -0.05) is 40.2 Å². The zero-order valence-electron chi connectivity index (χ0n) is 17.7. The minimum Gasteiger partial charge on any atom is -0.389 e. The molecule has 0 aromatic rings. The summed E-state index contributed by atoms with van der Waals surface area (Å²) in [7, 11) is 2.06. The molecule has 1 aliphatic carbocycles. The molecule has 0 saturated heterocycles. The van der Waals surface area contributed by atoms with Crippen molar-refractivity contribution < 1.29 is 4.79 Å². The first-order valence-electron chi connectivity index (χ1n) is 10.5. The van der Waals surface area contributed by atoms with Gasteiger partial charge in [-0.05, 0) is 76.8 Å². The second-order valence-electron chi connectivity index (χ2n) is 7.83. The molecule has 0 heterocycles. The van der Waals surface area contributed by atoms with Crippen molar-refractivity contribution in [3.8, 4) is 0 Å². The third-order valence-corrected chi connectivity index (χ3v) is 5.74. The molecule has 1 atom stereocenters. The normalized spacial score (nSPS) is 16.7. The summed E-state index contributed by atoms with van der Waals surface area (Å²) >= 11 is 0. The monoisotopic (exact) mass is 352 g/mol. The fraction of sp³-hybridized carbons (Fsp3) is 0.864. The first-order chi connectivity index (χ1) is 11.9. The highest BCUT2D eigenvalue weighted by atomic mass is 16.1. The van der Waals surface area contributed by atoms with E-state index in [4.69, 9.17) is 0 Å². The van der Waals surface area contributed by atoms with Gasteiger partial charge in [0.15, 0.2) is 0 Å². The molecule has 1 aliphatic rings. The fourth-order valence-electron chi connectivity index (χ4n) is 3.52. The van der Waals surface area contributed by atoms with Gasteiger partial charge >= 0.3 is 0 Å². The summed E-state index contributed by atoms with van der Waals surface area (Å²) in [6, 6.07) is 0. The molecule has 0 bridgehead atoms. The zero-order valence-corrected chi connectivity index (χ0v) is 17.7. The van der Waals surface area contributed by atoms with Gasteiger partial charge in [0.25, 0.3) is 0 Å². The van der Waals surface area contributed by atoms with Crippen molar-refractivity contribution in [2.24, 2.45) is 11.3 Å². The minimum atomic E-state index is 0.255. The van der Waals surface area contributed by atoms with Crippen LogP contribution in [-0.2, 0) is 4.79 Å². The lowest BCUT2D eigenvalue weighted by Crippen LogP contribution is -2.23. The Bertz CT molecular complexity index is 359. The number of ketones is 1. The van der Waals surface area contributed by atoms with E-state index in [1.807, 2.05) is 6.92 Å². The Morgan fingerprint density at radius 1 is 1.12 bits per heavy atom. The number of Topliss-reactive ketones (excluding diaryl/α,β-unsaturated/α-hetero) is 1. The molecule has 2 N–H and O–H groups in total. The topological polar surface area (TPSA) is 41.1 Å². The average molecular weight is 353 g/mol. The maximum atomic E-state index is 9.81. The van der Waals surface area contributed by atoms with Crippen LogP contribution in [0, 0.1) is 11.3 Å². The van der Waals surface area contributed by atoms with Crippen LogP contribution in [-0.4, -0.2) is 25.9 Å². The third-order valence-electron chi connectivity index (χ3n) is 5.74. The largest absolute Gasteiger partial charge is 0.389 e. The molecule has 1 rings (SSSR count). The van der Waals surface area contributed by atoms with E-state index in [1.165, 1.54) is 70.0 Å². The van der Waals surface area contributed by atoms with Crippen LogP contribution < -0.4 is 10.6 Å². The number of nitrogens with one attached hydrogen (secondary N) is 2. The van der Waals surface area contributed by atoms with E-state index in [1.54, 1.807) is 6.92 Å². The van der Waals surface area contributed by atoms with Crippen LogP contribution in [0.4, 0.5) is 0 Å². The van der Waals surface area contributed by atoms with Crippen LogP contribution >= 0.6 is 0 Å². The third kappa shape index (κ3) is 11.4. The van der Waals surface area contributed by atoms with Gasteiger partial charge in [0.2, 0.25) is 0 Å². The van der Waals surface area contributed by atoms with E-state index in [9.17, 15) is 4.79 Å². The van der Waals surface area contributed by atoms with E-state index in [2.05, 4.69) is 38.1 Å². The van der Waals surface area contributed by atoms with Gasteiger partial charge in [0.1, 0.15) is 5.78 Å². The van der Waals surface area contributed by atoms with Crippen molar-refractivity contribution in [3.63, 3.8) is 0 Å². The second kappa shape index (κ2) is 14.4. The molecule has 1 fully saturated rings. The van der Waals surface area contributed by atoms with Gasteiger partial charge in [-0.25, -0.2) is 0 Å². The van der Waals surface area contributed by atoms with Crippen LogP contribution in [0.5, 0.6) is 0 Å². The molecule has 25 heavy (non-hydrogen) atoms. The molecule has 1 saturated carbocycles. The van der Waals surface area contributed by atoms with E-state index in [-0.39, 0.29) is 5.78 Å². The summed E-state index contributed by atoms with van der Waals surface area (Å²) in [5.41, 5.74) is 1.89. The Balaban J connectivity index is 0.00000101. The maximum Gasteiger partial charge on any atom is 0.129 e. The summed E-state index contributed by atoms with van der Waals surface area (Å²) in [5.74, 6) is 0.857. The quantitative estimate of drug-likeness (QED) is 0.458. The first-order valence-corrected chi connectivity index (χ1v) is 10.5. The summed E-state index contributed by atoms with van der Waals surface area (Å²) in [5, 5.41) is 6.82. The Labute approximate surface area is 157 Å². The summed E-state index contributed by atoms with van der Waals surface area (Å²) in [6.07, 6.45) is 13.1. The summed E-state index contributed by atoms with van der Waals surface area (Å²) in [4.78, 5) is 9.81. The van der Waals surface area contributed by atoms with Crippen molar-refractivity contribution in [2.45, 2.75) is 91.9 Å². The van der Waals surface area contributed by atoms with Crippen molar-refractivity contribution in [2.75, 3.05) is 20.1 Å². The predicted molar refractivity (Wildman–Crippen MR) is 111 cm³/mol. The molecule has 0 aliphatic heterocycles. The van der Waals surface area contributed by atoms with E-state index in [0.29, 0.717) is 17.8 Å². The Kier molecular flexibility index (Phi) is 13.9. The van der Waals surface area contributed by atoms with Crippen molar-refractivity contribution in [1.82, 2.24) is 10.6 Å². The lowest BCUT2D eigenvalue weighted by Gasteiger charge is -2.29. The molecule has 0 aromatic carbocycles. The zero-order chi connectivity index (χ0) is 19.1. The molecular formula is C22H44N2O. The van der Waals surface area contributed by atoms with Crippen LogP contribution in [0.3, 0.4) is 0 Å². The Hall–Kier alpha value is -0.830. The Morgan fingerprint density at radius 3 is 2.08 bits per heavy atom. The minimum absolute atomic E-state index is 0.255. The summed E-state index contributed by atoms with van der Waals surface area (Å²) in [6.45, 7) is 14.4. The van der Waals surface area contributed by atoms with Crippen molar-refractivity contribution in [1.29, 1.82) is 0 Å². The molecule has 148 valence electrons. The summed E-state index contributed by atoms with van der Waals surface area (Å²) < 4.78 is 0. The number of hydrogen-bond acceptors (Lipinski definition) is 3. The lowest BCUT2D eigenvalue weighted by molar-refractivity contribution is -0.116. The molecule has 0 aromatic heterocycles. The molecule has 3 heteroatoms. The SMILES string of the molecule is C=C(NCCCC1(CCCNC)CCCC1)C(C)CC.CCC(C)=O. The van der Waals surface area contributed by atoms with Gasteiger partial charge in [-0.2, -0.15) is 0 Å². The molecule has 1 unspecified atom stereocenters. The van der Waals surface area contributed by atoms with Gasteiger partial charge in [-0.3, -0.25) is 0 Å². The number of allylic oxidation sites excluding steroid dienone is 1. The van der Waals surface area contributed by atoms with E-state index < -0.39 is 0 Å². The van der Waals surface area contributed by atoms with E-state index >= 15 is 0 Å². The molecule has 0 radical (unpaired) electrons. The highest BCUT2D eigenvalue weighted by Gasteiger charge is 2.32. The van der Waals surface area contributed by atoms with Crippen LogP contribution in [0.1, 0.15) is 91.9 Å². The smallest absolute Gasteiger partial charge is 0.129 e. The van der Waals surface area contributed by atoms with Gasteiger partial charge in [-0.15, -0.1) is 0 Å². The van der Waals surface area contributed by atoms with Crippen LogP contribution in [0.2, 0.25) is 0 Å². The van der Waals surface area contributed by atoms with Crippen molar-refractivity contribution >= 4 is 5.78 Å². The highest BCUT2D eigenvalue weighted by Crippen LogP contribution is 2.45. The predicted octanol–water partition coefficient (Wildman–Crippen LogP) is 5.46. The average Bonchev–Trinajstić information content (AvgIpc) is 3.07. The van der Waals surface area contributed by atoms with Crippen LogP contribution in [0.15, 0.2) is 12.3 Å². The number of carbonyl (C=O) groups is 1. The van der Waals surface area contributed by atoms with Gasteiger partial charge < -0.3 is 15.4 Å². The maximum absolute atomic E-state index is 9.81. The fourth-order valence-corrected chi connectivity index (χ4v) is 3.52. The number of hydrogen-bond donors (Lipinski definition) is 2. The second-order valence-corrected chi connectivity index (χ2v) is 7.83. The lowest BCUT2D eigenvalue weighted by atomic mass is 9.77.